The highest BCUT2D eigenvalue weighted by Gasteiger charge is 2.26. The maximum Gasteiger partial charge on any atom is 0.134 e. The van der Waals surface area contributed by atoms with Crippen molar-refractivity contribution in [2.75, 3.05) is 19.7 Å². The van der Waals surface area contributed by atoms with E-state index < -0.39 is 0 Å². The summed E-state index contributed by atoms with van der Waals surface area (Å²) >= 11 is 0. The molecule has 0 spiro atoms. The minimum atomic E-state index is -0.0672. The molecule has 0 aromatic carbocycles. The lowest BCUT2D eigenvalue weighted by atomic mass is 10.2. The van der Waals surface area contributed by atoms with Crippen LogP contribution in [-0.4, -0.2) is 30.6 Å². The van der Waals surface area contributed by atoms with Crippen LogP contribution in [0, 0.1) is 18.3 Å². The van der Waals surface area contributed by atoms with Crippen LogP contribution in [0.4, 0.5) is 0 Å². The zero-order chi connectivity index (χ0) is 11.5. The monoisotopic (exact) mass is 220 g/mol. The number of hydrogen-bond donors (Lipinski definition) is 0. The molecule has 0 amide bonds. The highest BCUT2D eigenvalue weighted by Crippen LogP contribution is 2.24. The Labute approximate surface area is 95.4 Å². The van der Waals surface area contributed by atoms with Gasteiger partial charge in [-0.2, -0.15) is 5.26 Å². The summed E-state index contributed by atoms with van der Waals surface area (Å²) in [7, 11) is 0. The van der Waals surface area contributed by atoms with E-state index >= 15 is 0 Å². The molecular weight excluding hydrogens is 204 g/mol. The van der Waals surface area contributed by atoms with Crippen molar-refractivity contribution in [1.29, 1.82) is 5.26 Å². The topological polar surface area (TPSA) is 49.4 Å². The van der Waals surface area contributed by atoms with Crippen molar-refractivity contribution in [3.8, 4) is 6.07 Å². The van der Waals surface area contributed by atoms with Crippen molar-refractivity contribution in [2.24, 2.45) is 0 Å². The van der Waals surface area contributed by atoms with E-state index in [4.69, 9.17) is 14.4 Å². The Hall–Kier alpha value is -1.31. The molecule has 2 atom stereocenters. The molecule has 4 heteroatoms. The van der Waals surface area contributed by atoms with E-state index in [9.17, 15) is 0 Å². The molecule has 0 bridgehead atoms. The van der Waals surface area contributed by atoms with E-state index in [1.165, 1.54) is 0 Å². The summed E-state index contributed by atoms with van der Waals surface area (Å²) in [6, 6.07) is 6.07. The van der Waals surface area contributed by atoms with Crippen LogP contribution in [0.25, 0.3) is 0 Å². The highest BCUT2D eigenvalue weighted by molar-refractivity contribution is 5.09. The lowest BCUT2D eigenvalue weighted by molar-refractivity contribution is -0.0457. The SMILES string of the molecule is Cc1ccc([C@@H]2CN([C@H](C)C#N)CCO2)o1. The standard InChI is InChI=1S/C12H16N2O2/c1-9(7-13)14-5-6-15-12(8-14)11-4-3-10(2)16-11/h3-4,9,12H,5-6,8H2,1-2H3/t9-,12+/m1/s1. The fraction of sp³-hybridized carbons (Fsp3) is 0.583. The quantitative estimate of drug-likeness (QED) is 0.763. The first-order valence-corrected chi connectivity index (χ1v) is 5.52. The largest absolute Gasteiger partial charge is 0.464 e. The number of aryl methyl sites for hydroxylation is 1. The molecule has 1 saturated heterocycles. The summed E-state index contributed by atoms with van der Waals surface area (Å²) in [5, 5.41) is 8.89. The number of rotatable bonds is 2. The number of nitrogens with zero attached hydrogens (tertiary/aromatic N) is 2. The zero-order valence-electron chi connectivity index (χ0n) is 9.64. The van der Waals surface area contributed by atoms with Crippen molar-refractivity contribution in [3.05, 3.63) is 23.7 Å². The van der Waals surface area contributed by atoms with Gasteiger partial charge in [0.05, 0.1) is 18.7 Å². The van der Waals surface area contributed by atoms with Crippen LogP contribution in [-0.2, 0) is 4.74 Å². The van der Waals surface area contributed by atoms with Gasteiger partial charge >= 0.3 is 0 Å². The van der Waals surface area contributed by atoms with Crippen LogP contribution in [0.5, 0.6) is 0 Å². The third-order valence-corrected chi connectivity index (χ3v) is 2.91. The third-order valence-electron chi connectivity index (χ3n) is 2.91. The molecule has 2 heterocycles. The zero-order valence-corrected chi connectivity index (χ0v) is 9.64. The Bertz CT molecular complexity index is 394. The number of hydrogen-bond acceptors (Lipinski definition) is 4. The summed E-state index contributed by atoms with van der Waals surface area (Å²) in [4.78, 5) is 2.12. The van der Waals surface area contributed by atoms with Gasteiger partial charge in [0, 0.05) is 13.1 Å². The molecule has 0 saturated carbocycles. The molecule has 16 heavy (non-hydrogen) atoms. The summed E-state index contributed by atoms with van der Waals surface area (Å²) in [6.45, 7) is 6.01. The number of furan rings is 1. The predicted molar refractivity (Wildman–Crippen MR) is 58.8 cm³/mol. The summed E-state index contributed by atoms with van der Waals surface area (Å²) < 4.78 is 11.2. The minimum Gasteiger partial charge on any atom is -0.464 e. The second-order valence-corrected chi connectivity index (χ2v) is 4.11. The van der Waals surface area contributed by atoms with Crippen LogP contribution < -0.4 is 0 Å². The fourth-order valence-electron chi connectivity index (χ4n) is 1.90. The van der Waals surface area contributed by atoms with Crippen LogP contribution >= 0.6 is 0 Å². The van der Waals surface area contributed by atoms with Gasteiger partial charge < -0.3 is 9.15 Å². The van der Waals surface area contributed by atoms with Crippen molar-refractivity contribution in [1.82, 2.24) is 4.90 Å². The van der Waals surface area contributed by atoms with Crippen molar-refractivity contribution >= 4 is 0 Å². The van der Waals surface area contributed by atoms with Gasteiger partial charge in [0.15, 0.2) is 0 Å². The van der Waals surface area contributed by atoms with E-state index in [2.05, 4.69) is 11.0 Å². The number of nitriles is 1. The van der Waals surface area contributed by atoms with Crippen LogP contribution in [0.3, 0.4) is 0 Å². The molecular formula is C12H16N2O2. The van der Waals surface area contributed by atoms with Crippen LogP contribution in [0.15, 0.2) is 16.5 Å². The second-order valence-electron chi connectivity index (χ2n) is 4.11. The summed E-state index contributed by atoms with van der Waals surface area (Å²) in [6.07, 6.45) is -0.0433. The molecule has 1 aliphatic rings. The highest BCUT2D eigenvalue weighted by atomic mass is 16.5. The molecule has 1 aromatic rings. The molecule has 1 aliphatic heterocycles. The minimum absolute atomic E-state index is 0.0433. The molecule has 1 aromatic heterocycles. The average molecular weight is 220 g/mol. The van der Waals surface area contributed by atoms with Gasteiger partial charge in [-0.15, -0.1) is 0 Å². The summed E-state index contributed by atoms with van der Waals surface area (Å²) in [5.74, 6) is 1.75. The van der Waals surface area contributed by atoms with Gasteiger partial charge in [0.25, 0.3) is 0 Å². The van der Waals surface area contributed by atoms with Gasteiger partial charge in [-0.3, -0.25) is 4.90 Å². The average Bonchev–Trinajstić information content (AvgIpc) is 2.75. The van der Waals surface area contributed by atoms with Gasteiger partial charge in [0.1, 0.15) is 17.6 Å². The molecule has 1 fully saturated rings. The Morgan fingerprint density at radius 3 is 3.00 bits per heavy atom. The van der Waals surface area contributed by atoms with Gasteiger partial charge in [-0.05, 0) is 26.0 Å². The van der Waals surface area contributed by atoms with Crippen molar-refractivity contribution in [3.63, 3.8) is 0 Å². The number of ether oxygens (including phenoxy) is 1. The maximum absolute atomic E-state index is 8.89. The lowest BCUT2D eigenvalue weighted by Gasteiger charge is -2.33. The smallest absolute Gasteiger partial charge is 0.134 e. The third kappa shape index (κ3) is 2.26. The maximum atomic E-state index is 8.89. The van der Waals surface area contributed by atoms with E-state index in [1.807, 2.05) is 26.0 Å². The van der Waals surface area contributed by atoms with E-state index in [0.717, 1.165) is 24.6 Å². The molecule has 0 radical (unpaired) electrons. The van der Waals surface area contributed by atoms with E-state index in [1.54, 1.807) is 0 Å². The van der Waals surface area contributed by atoms with Crippen molar-refractivity contribution in [2.45, 2.75) is 26.0 Å². The van der Waals surface area contributed by atoms with Crippen LogP contribution in [0.1, 0.15) is 24.5 Å². The first-order valence-electron chi connectivity index (χ1n) is 5.52. The van der Waals surface area contributed by atoms with Crippen molar-refractivity contribution < 1.29 is 9.15 Å². The van der Waals surface area contributed by atoms with Crippen LogP contribution in [0.2, 0.25) is 0 Å². The Balaban J connectivity index is 2.05. The van der Waals surface area contributed by atoms with E-state index in [0.29, 0.717) is 6.61 Å². The molecule has 0 unspecified atom stereocenters. The second kappa shape index (κ2) is 4.69. The molecule has 0 aliphatic carbocycles. The normalized spacial score (nSPS) is 23.9. The summed E-state index contributed by atoms with van der Waals surface area (Å²) in [5.41, 5.74) is 0. The fourth-order valence-corrected chi connectivity index (χ4v) is 1.90. The first kappa shape index (κ1) is 11.2. The van der Waals surface area contributed by atoms with E-state index in [-0.39, 0.29) is 12.1 Å². The molecule has 86 valence electrons. The van der Waals surface area contributed by atoms with Gasteiger partial charge in [0.2, 0.25) is 0 Å². The van der Waals surface area contributed by atoms with Gasteiger partial charge in [-0.1, -0.05) is 0 Å². The predicted octanol–water partition coefficient (Wildman–Crippen LogP) is 1.87. The Morgan fingerprint density at radius 2 is 2.38 bits per heavy atom. The Morgan fingerprint density at radius 1 is 1.56 bits per heavy atom. The van der Waals surface area contributed by atoms with Gasteiger partial charge in [-0.25, -0.2) is 0 Å². The molecule has 0 N–H and O–H groups in total. The number of morpholine rings is 1. The Kier molecular flexibility index (Phi) is 3.28. The molecule has 4 nitrogen and oxygen atoms in total. The first-order chi connectivity index (χ1) is 7.70. The molecule has 2 rings (SSSR count). The lowest BCUT2D eigenvalue weighted by Crippen LogP contribution is -2.42.